The summed E-state index contributed by atoms with van der Waals surface area (Å²) in [5, 5.41) is 2.20. The van der Waals surface area contributed by atoms with Crippen molar-refractivity contribution in [3.8, 4) is 22.3 Å². The van der Waals surface area contributed by atoms with Gasteiger partial charge >= 0.3 is 0 Å². The topological polar surface area (TPSA) is 19.6 Å². The van der Waals surface area contributed by atoms with E-state index in [1.807, 2.05) is 0 Å². The normalized spacial score (nSPS) is 13.0. The van der Waals surface area contributed by atoms with Gasteiger partial charge in [-0.05, 0) is 112 Å². The van der Waals surface area contributed by atoms with Crippen molar-refractivity contribution in [3.63, 3.8) is 0 Å². The van der Waals surface area contributed by atoms with Gasteiger partial charge in [0.1, 0.15) is 11.2 Å². The minimum Gasteiger partial charge on any atom is -0.455 e. The van der Waals surface area contributed by atoms with Gasteiger partial charge in [-0.2, -0.15) is 0 Å². The van der Waals surface area contributed by atoms with Crippen LogP contribution in [0, 0.1) is 0 Å². The summed E-state index contributed by atoms with van der Waals surface area (Å²) in [6.45, 7) is 0. The Balaban J connectivity index is 1.24. The Bertz CT molecular complexity index is 3050. The summed E-state index contributed by atoms with van der Waals surface area (Å²) in [5.41, 5.74) is 17.6. The lowest BCUT2D eigenvalue weighted by molar-refractivity contribution is 0.669. The van der Waals surface area contributed by atoms with E-state index in [-0.39, 0.29) is 0 Å². The largest absolute Gasteiger partial charge is 0.455 e. The monoisotopic (exact) mass is 740 g/mol. The van der Waals surface area contributed by atoms with Gasteiger partial charge in [0, 0.05) is 39.4 Å². The van der Waals surface area contributed by atoms with Gasteiger partial charge in [0.2, 0.25) is 0 Å². The van der Waals surface area contributed by atoms with Gasteiger partial charge in [-0.25, -0.2) is 0 Å². The number of anilines is 6. The number of nitrogens with zero attached hydrogens (tertiary/aromatic N) is 2. The maximum atomic E-state index is 7.17. The van der Waals surface area contributed by atoms with Crippen LogP contribution in [0.4, 0.5) is 34.1 Å². The van der Waals surface area contributed by atoms with E-state index in [0.717, 1.165) is 61.6 Å². The highest BCUT2D eigenvalue weighted by Crippen LogP contribution is 2.66. The molecule has 2 aliphatic carbocycles. The smallest absolute Gasteiger partial charge is 0.145 e. The predicted octanol–water partition coefficient (Wildman–Crippen LogP) is 14.9. The van der Waals surface area contributed by atoms with E-state index in [4.69, 9.17) is 4.42 Å². The highest BCUT2D eigenvalue weighted by molar-refractivity contribution is 6.19. The first kappa shape index (κ1) is 32.6. The molecule has 0 saturated carbocycles. The Morgan fingerprint density at radius 2 is 0.828 bits per heavy atom. The standard InChI is InChI=1S/C55H36N2O/c1-5-19-37(20-6-1)56(38-21-7-2-8-22-38)41-33-34-44-48(35-41)55(46-30-16-13-27-42(46)43-28-14-17-31-47(43)55)49-36-50(53-45-29-15-18-32-51(45)58-54(53)52(44)49)57(39-23-9-3-10-24-39)40-25-11-4-12-26-40/h1-36H. The minimum absolute atomic E-state index is 0.631. The fraction of sp³-hybridized carbons (Fsp3) is 0.0182. The number of rotatable bonds is 6. The van der Waals surface area contributed by atoms with E-state index in [1.165, 1.54) is 38.9 Å². The van der Waals surface area contributed by atoms with Crippen LogP contribution < -0.4 is 9.80 Å². The summed E-state index contributed by atoms with van der Waals surface area (Å²) >= 11 is 0. The number of hydrogen-bond donors (Lipinski definition) is 0. The Labute approximate surface area is 337 Å². The van der Waals surface area contributed by atoms with Gasteiger partial charge in [0.25, 0.3) is 0 Å². The first-order valence-corrected chi connectivity index (χ1v) is 19.9. The zero-order valence-electron chi connectivity index (χ0n) is 31.6. The van der Waals surface area contributed by atoms with Gasteiger partial charge in [0.05, 0.1) is 16.5 Å². The van der Waals surface area contributed by atoms with Crippen molar-refractivity contribution < 1.29 is 4.42 Å². The van der Waals surface area contributed by atoms with Crippen molar-refractivity contribution in [3.05, 3.63) is 241 Å². The molecule has 1 heterocycles. The van der Waals surface area contributed by atoms with Crippen LogP contribution in [0.5, 0.6) is 0 Å². The fourth-order valence-corrected chi connectivity index (χ4v) is 9.96. The summed E-state index contributed by atoms with van der Waals surface area (Å²) < 4.78 is 7.17. The molecule has 58 heavy (non-hydrogen) atoms. The molecule has 0 atom stereocenters. The summed E-state index contributed by atoms with van der Waals surface area (Å²) in [6.07, 6.45) is 0. The summed E-state index contributed by atoms with van der Waals surface area (Å²) in [4.78, 5) is 4.78. The number of para-hydroxylation sites is 5. The molecule has 0 aliphatic heterocycles. The Morgan fingerprint density at radius 3 is 1.40 bits per heavy atom. The van der Waals surface area contributed by atoms with Gasteiger partial charge < -0.3 is 14.2 Å². The fourth-order valence-electron chi connectivity index (χ4n) is 9.96. The van der Waals surface area contributed by atoms with Crippen molar-refractivity contribution in [2.75, 3.05) is 9.80 Å². The van der Waals surface area contributed by atoms with Crippen LogP contribution in [0.15, 0.2) is 223 Å². The Morgan fingerprint density at radius 1 is 0.345 bits per heavy atom. The predicted molar refractivity (Wildman–Crippen MR) is 239 cm³/mol. The van der Waals surface area contributed by atoms with Crippen molar-refractivity contribution >= 4 is 56.1 Å². The van der Waals surface area contributed by atoms with Crippen molar-refractivity contribution in [1.82, 2.24) is 0 Å². The summed E-state index contributed by atoms with van der Waals surface area (Å²) in [6, 6.07) is 79.0. The third-order valence-electron chi connectivity index (χ3n) is 12.2. The van der Waals surface area contributed by atoms with Crippen LogP contribution >= 0.6 is 0 Å². The average molecular weight is 741 g/mol. The third kappa shape index (κ3) is 4.56. The number of furan rings is 1. The molecule has 1 aromatic heterocycles. The maximum Gasteiger partial charge on any atom is 0.145 e. The number of hydrogen-bond acceptors (Lipinski definition) is 3. The molecule has 0 amide bonds. The molecular weight excluding hydrogens is 705 g/mol. The summed E-state index contributed by atoms with van der Waals surface area (Å²) in [5.74, 6) is 0. The average Bonchev–Trinajstić information content (AvgIpc) is 3.92. The molecule has 3 heteroatoms. The van der Waals surface area contributed by atoms with E-state index in [0.29, 0.717) is 0 Å². The molecule has 0 N–H and O–H groups in total. The molecule has 9 aromatic carbocycles. The van der Waals surface area contributed by atoms with Crippen LogP contribution in [-0.2, 0) is 5.41 Å². The van der Waals surface area contributed by atoms with Crippen molar-refractivity contribution in [2.45, 2.75) is 5.41 Å². The highest BCUT2D eigenvalue weighted by atomic mass is 16.3. The molecule has 1 spiro atoms. The molecule has 0 bridgehead atoms. The van der Waals surface area contributed by atoms with Gasteiger partial charge in [0.15, 0.2) is 0 Å². The molecule has 272 valence electrons. The van der Waals surface area contributed by atoms with Gasteiger partial charge in [-0.1, -0.05) is 146 Å². The lowest BCUT2D eigenvalue weighted by atomic mass is 9.70. The van der Waals surface area contributed by atoms with Crippen LogP contribution in [0.1, 0.15) is 22.3 Å². The minimum atomic E-state index is -0.631. The molecular formula is C55H36N2O. The van der Waals surface area contributed by atoms with Crippen molar-refractivity contribution in [1.29, 1.82) is 0 Å². The molecule has 2 aliphatic rings. The quantitative estimate of drug-likeness (QED) is 0.169. The van der Waals surface area contributed by atoms with E-state index in [9.17, 15) is 0 Å². The molecule has 0 unspecified atom stereocenters. The highest BCUT2D eigenvalue weighted by Gasteiger charge is 2.53. The second-order valence-electron chi connectivity index (χ2n) is 15.2. The lowest BCUT2D eigenvalue weighted by Gasteiger charge is -2.33. The van der Waals surface area contributed by atoms with E-state index >= 15 is 0 Å². The van der Waals surface area contributed by atoms with Crippen LogP contribution in [0.3, 0.4) is 0 Å². The Hall–Kier alpha value is -7.62. The van der Waals surface area contributed by atoms with Crippen LogP contribution in [0.2, 0.25) is 0 Å². The van der Waals surface area contributed by atoms with E-state index in [2.05, 4.69) is 228 Å². The van der Waals surface area contributed by atoms with Gasteiger partial charge in [-0.15, -0.1) is 0 Å². The molecule has 0 fully saturated rings. The first-order valence-electron chi connectivity index (χ1n) is 19.9. The summed E-state index contributed by atoms with van der Waals surface area (Å²) in [7, 11) is 0. The Kier molecular flexibility index (Phi) is 7.14. The maximum absolute atomic E-state index is 7.17. The lowest BCUT2D eigenvalue weighted by Crippen LogP contribution is -2.26. The third-order valence-corrected chi connectivity index (χ3v) is 12.2. The van der Waals surface area contributed by atoms with Crippen LogP contribution in [-0.4, -0.2) is 0 Å². The first-order chi connectivity index (χ1) is 28.8. The van der Waals surface area contributed by atoms with Gasteiger partial charge in [-0.3, -0.25) is 0 Å². The van der Waals surface area contributed by atoms with Crippen LogP contribution in [0.25, 0.3) is 44.2 Å². The second-order valence-corrected chi connectivity index (χ2v) is 15.2. The SMILES string of the molecule is c1ccc(N(c2ccccc2)c2ccc3c(c2)C2(c4ccccc4-c4ccccc42)c2cc(N(c4ccccc4)c4ccccc4)c4c(oc5ccccc54)c2-3)cc1. The molecule has 12 rings (SSSR count). The molecule has 0 radical (unpaired) electrons. The molecule has 0 saturated heterocycles. The number of fused-ring (bicyclic) bond motifs is 14. The number of benzene rings is 9. The zero-order chi connectivity index (χ0) is 38.2. The zero-order valence-corrected chi connectivity index (χ0v) is 31.6. The molecule has 10 aromatic rings. The van der Waals surface area contributed by atoms with E-state index < -0.39 is 5.41 Å². The van der Waals surface area contributed by atoms with E-state index in [1.54, 1.807) is 0 Å². The van der Waals surface area contributed by atoms with Crippen molar-refractivity contribution in [2.24, 2.45) is 0 Å². The second kappa shape index (κ2) is 12.7. The molecule has 3 nitrogen and oxygen atoms in total.